The smallest absolute Gasteiger partial charge is 0.244 e. The van der Waals surface area contributed by atoms with Gasteiger partial charge >= 0.3 is 0 Å². The van der Waals surface area contributed by atoms with Gasteiger partial charge in [-0.05, 0) is 36.1 Å². The fourth-order valence-electron chi connectivity index (χ4n) is 2.27. The average Bonchev–Trinajstić information content (AvgIpc) is 3.19. The molecule has 1 atom stereocenters. The first-order chi connectivity index (χ1) is 11.1. The molecule has 0 radical (unpaired) electrons. The Morgan fingerprint density at radius 1 is 1.30 bits per heavy atom. The monoisotopic (exact) mass is 327 g/mol. The van der Waals surface area contributed by atoms with E-state index in [1.807, 2.05) is 55.6 Å². The van der Waals surface area contributed by atoms with Crippen LogP contribution in [0, 0.1) is 6.92 Å². The number of thiophene rings is 1. The molecule has 2 aromatic heterocycles. The SMILES string of the molecule is Cc1ccccc1-c1nnn(CC(=O)N[C@H](C)c2cccs2)n1. The number of nitrogens with zero attached hydrogens (tertiary/aromatic N) is 4. The maximum atomic E-state index is 12.1. The highest BCUT2D eigenvalue weighted by Crippen LogP contribution is 2.19. The van der Waals surface area contributed by atoms with E-state index in [2.05, 4.69) is 20.7 Å². The van der Waals surface area contributed by atoms with E-state index in [9.17, 15) is 4.79 Å². The lowest BCUT2D eigenvalue weighted by Crippen LogP contribution is -2.30. The van der Waals surface area contributed by atoms with E-state index in [-0.39, 0.29) is 18.5 Å². The number of carbonyl (C=O) groups excluding carboxylic acids is 1. The van der Waals surface area contributed by atoms with Gasteiger partial charge in [0.15, 0.2) is 0 Å². The third-order valence-corrected chi connectivity index (χ3v) is 4.53. The van der Waals surface area contributed by atoms with Gasteiger partial charge in [0.1, 0.15) is 6.54 Å². The molecule has 0 saturated carbocycles. The van der Waals surface area contributed by atoms with Crippen molar-refractivity contribution in [3.8, 4) is 11.4 Å². The first-order valence-corrected chi connectivity index (χ1v) is 8.18. The molecule has 3 rings (SSSR count). The fraction of sp³-hybridized carbons (Fsp3) is 0.250. The molecule has 0 saturated heterocycles. The highest BCUT2D eigenvalue weighted by Gasteiger charge is 2.13. The Balaban J connectivity index is 1.65. The number of hydrogen-bond acceptors (Lipinski definition) is 5. The molecule has 0 aliphatic carbocycles. The van der Waals surface area contributed by atoms with Gasteiger partial charge in [-0.2, -0.15) is 4.80 Å². The molecule has 0 aliphatic rings. The van der Waals surface area contributed by atoms with Crippen molar-refractivity contribution in [2.75, 3.05) is 0 Å². The van der Waals surface area contributed by atoms with Crippen molar-refractivity contribution in [2.45, 2.75) is 26.4 Å². The number of aryl methyl sites for hydroxylation is 1. The molecule has 1 N–H and O–H groups in total. The van der Waals surface area contributed by atoms with Gasteiger partial charge in [-0.15, -0.1) is 21.5 Å². The second-order valence-corrected chi connectivity index (χ2v) is 6.24. The van der Waals surface area contributed by atoms with E-state index < -0.39 is 0 Å². The third-order valence-electron chi connectivity index (χ3n) is 3.47. The fourth-order valence-corrected chi connectivity index (χ4v) is 3.00. The van der Waals surface area contributed by atoms with Crippen molar-refractivity contribution in [1.82, 2.24) is 25.5 Å². The minimum atomic E-state index is -0.139. The molecule has 23 heavy (non-hydrogen) atoms. The van der Waals surface area contributed by atoms with Crippen molar-refractivity contribution in [1.29, 1.82) is 0 Å². The normalized spacial score (nSPS) is 12.1. The van der Waals surface area contributed by atoms with E-state index in [0.717, 1.165) is 16.0 Å². The maximum Gasteiger partial charge on any atom is 0.244 e. The topological polar surface area (TPSA) is 72.7 Å². The summed E-state index contributed by atoms with van der Waals surface area (Å²) in [7, 11) is 0. The summed E-state index contributed by atoms with van der Waals surface area (Å²) in [5.74, 6) is 0.391. The Labute approximate surface area is 138 Å². The van der Waals surface area contributed by atoms with Gasteiger partial charge in [0, 0.05) is 10.4 Å². The van der Waals surface area contributed by atoms with Gasteiger partial charge in [0.2, 0.25) is 11.7 Å². The molecule has 3 aromatic rings. The number of nitrogens with one attached hydrogen (secondary N) is 1. The zero-order chi connectivity index (χ0) is 16.2. The first-order valence-electron chi connectivity index (χ1n) is 7.30. The second-order valence-electron chi connectivity index (χ2n) is 5.26. The molecule has 118 valence electrons. The Kier molecular flexibility index (Phi) is 4.47. The molecule has 0 spiro atoms. The summed E-state index contributed by atoms with van der Waals surface area (Å²) in [6.45, 7) is 4.00. The maximum absolute atomic E-state index is 12.1. The molecular weight excluding hydrogens is 310 g/mol. The van der Waals surface area contributed by atoms with Gasteiger partial charge in [0.05, 0.1) is 6.04 Å². The number of benzene rings is 1. The van der Waals surface area contributed by atoms with Crippen LogP contribution in [-0.4, -0.2) is 26.1 Å². The second kappa shape index (κ2) is 6.70. The summed E-state index contributed by atoms with van der Waals surface area (Å²) in [6.07, 6.45) is 0. The largest absolute Gasteiger partial charge is 0.347 e. The van der Waals surface area contributed by atoms with Crippen molar-refractivity contribution in [3.05, 3.63) is 52.2 Å². The van der Waals surface area contributed by atoms with Gasteiger partial charge in [-0.1, -0.05) is 30.3 Å². The molecular formula is C16H17N5OS. The van der Waals surface area contributed by atoms with E-state index in [1.54, 1.807) is 11.3 Å². The number of aromatic nitrogens is 4. The lowest BCUT2D eigenvalue weighted by Gasteiger charge is -2.11. The number of rotatable bonds is 5. The Morgan fingerprint density at radius 2 is 2.13 bits per heavy atom. The number of tetrazole rings is 1. The van der Waals surface area contributed by atoms with Crippen LogP contribution in [0.4, 0.5) is 0 Å². The van der Waals surface area contributed by atoms with Crippen LogP contribution in [0.15, 0.2) is 41.8 Å². The van der Waals surface area contributed by atoms with Crippen molar-refractivity contribution >= 4 is 17.2 Å². The molecule has 1 amide bonds. The van der Waals surface area contributed by atoms with Gasteiger partial charge in [0.25, 0.3) is 0 Å². The molecule has 2 heterocycles. The Bertz CT molecular complexity index is 796. The van der Waals surface area contributed by atoms with E-state index in [4.69, 9.17) is 0 Å². The van der Waals surface area contributed by atoms with Crippen LogP contribution >= 0.6 is 11.3 Å². The average molecular weight is 327 g/mol. The van der Waals surface area contributed by atoms with Crippen molar-refractivity contribution in [2.24, 2.45) is 0 Å². The predicted molar refractivity (Wildman–Crippen MR) is 88.9 cm³/mol. The highest BCUT2D eigenvalue weighted by atomic mass is 32.1. The predicted octanol–water partition coefficient (Wildman–Crippen LogP) is 2.59. The number of hydrogen-bond donors (Lipinski definition) is 1. The molecule has 0 aliphatic heterocycles. The van der Waals surface area contributed by atoms with Gasteiger partial charge < -0.3 is 5.32 Å². The highest BCUT2D eigenvalue weighted by molar-refractivity contribution is 7.10. The van der Waals surface area contributed by atoms with E-state index >= 15 is 0 Å². The van der Waals surface area contributed by atoms with Crippen LogP contribution in [0.25, 0.3) is 11.4 Å². The van der Waals surface area contributed by atoms with Crippen LogP contribution in [-0.2, 0) is 11.3 Å². The third kappa shape index (κ3) is 3.62. The summed E-state index contributed by atoms with van der Waals surface area (Å²) in [5.41, 5.74) is 1.99. The Hall–Kier alpha value is -2.54. The van der Waals surface area contributed by atoms with Crippen LogP contribution in [0.3, 0.4) is 0 Å². The summed E-state index contributed by atoms with van der Waals surface area (Å²) >= 11 is 1.62. The quantitative estimate of drug-likeness (QED) is 0.782. The van der Waals surface area contributed by atoms with Crippen LogP contribution in [0.5, 0.6) is 0 Å². The molecule has 1 aromatic carbocycles. The Morgan fingerprint density at radius 3 is 2.87 bits per heavy atom. The van der Waals surface area contributed by atoms with Crippen molar-refractivity contribution < 1.29 is 4.79 Å². The minimum Gasteiger partial charge on any atom is -0.347 e. The van der Waals surface area contributed by atoms with E-state index in [1.165, 1.54) is 4.80 Å². The molecule has 6 nitrogen and oxygen atoms in total. The van der Waals surface area contributed by atoms with E-state index in [0.29, 0.717) is 5.82 Å². The summed E-state index contributed by atoms with van der Waals surface area (Å²) in [6, 6.07) is 11.8. The molecule has 0 bridgehead atoms. The van der Waals surface area contributed by atoms with Crippen LogP contribution in [0.1, 0.15) is 23.4 Å². The number of amides is 1. The lowest BCUT2D eigenvalue weighted by atomic mass is 10.1. The zero-order valence-electron chi connectivity index (χ0n) is 12.9. The molecule has 0 unspecified atom stereocenters. The summed E-state index contributed by atoms with van der Waals surface area (Å²) in [5, 5.41) is 17.2. The van der Waals surface area contributed by atoms with Crippen molar-refractivity contribution in [3.63, 3.8) is 0 Å². The summed E-state index contributed by atoms with van der Waals surface area (Å²) < 4.78 is 0. The summed E-state index contributed by atoms with van der Waals surface area (Å²) in [4.78, 5) is 14.5. The first kappa shape index (κ1) is 15.4. The van der Waals surface area contributed by atoms with Crippen LogP contribution in [0.2, 0.25) is 0 Å². The van der Waals surface area contributed by atoms with Crippen LogP contribution < -0.4 is 5.32 Å². The van der Waals surface area contributed by atoms with Gasteiger partial charge in [-0.25, -0.2) is 0 Å². The minimum absolute atomic E-state index is 0.0261. The zero-order valence-corrected chi connectivity index (χ0v) is 13.7. The number of carbonyl (C=O) groups is 1. The van der Waals surface area contributed by atoms with Gasteiger partial charge in [-0.3, -0.25) is 4.79 Å². The standard InChI is InChI=1S/C16H17N5OS/c1-11-6-3-4-7-13(11)16-18-20-21(19-16)10-15(22)17-12(2)14-8-5-9-23-14/h3-9,12H,10H2,1-2H3,(H,17,22)/t12-/m1/s1. The lowest BCUT2D eigenvalue weighted by molar-refractivity contribution is -0.122. The molecule has 0 fully saturated rings. The molecule has 7 heteroatoms.